The fourth-order valence-electron chi connectivity index (χ4n) is 1.66. The first-order valence-corrected chi connectivity index (χ1v) is 5.46. The molecule has 0 amide bonds. The number of rotatable bonds is 1. The standard InChI is InChI=1S/C11H9BrO2/c12-8-3-4-9(13)11-7(8)5-10(14-11)6-1-2-6/h3-6,13H,1-2H2. The summed E-state index contributed by atoms with van der Waals surface area (Å²) >= 11 is 3.44. The van der Waals surface area contributed by atoms with Gasteiger partial charge in [-0.05, 0) is 31.0 Å². The molecule has 0 atom stereocenters. The van der Waals surface area contributed by atoms with Crippen LogP contribution in [0.4, 0.5) is 0 Å². The Morgan fingerprint density at radius 2 is 2.14 bits per heavy atom. The van der Waals surface area contributed by atoms with Gasteiger partial charge in [0.2, 0.25) is 0 Å². The smallest absolute Gasteiger partial charge is 0.177 e. The van der Waals surface area contributed by atoms with E-state index in [1.807, 2.05) is 12.1 Å². The first-order valence-electron chi connectivity index (χ1n) is 4.66. The van der Waals surface area contributed by atoms with Gasteiger partial charge in [-0.15, -0.1) is 0 Å². The molecule has 1 heterocycles. The minimum Gasteiger partial charge on any atom is -0.504 e. The number of aromatic hydroxyl groups is 1. The predicted molar refractivity (Wildman–Crippen MR) is 57.6 cm³/mol. The monoisotopic (exact) mass is 252 g/mol. The molecule has 1 saturated carbocycles. The van der Waals surface area contributed by atoms with Crippen molar-refractivity contribution in [1.29, 1.82) is 0 Å². The van der Waals surface area contributed by atoms with Gasteiger partial charge < -0.3 is 9.52 Å². The second-order valence-corrected chi connectivity index (χ2v) is 4.59. The zero-order valence-corrected chi connectivity index (χ0v) is 9.04. The van der Waals surface area contributed by atoms with Crippen molar-refractivity contribution in [1.82, 2.24) is 0 Å². The SMILES string of the molecule is Oc1ccc(Br)c2cc(C3CC3)oc12. The molecule has 1 aliphatic carbocycles. The molecule has 0 radical (unpaired) electrons. The lowest BCUT2D eigenvalue weighted by Gasteiger charge is -1.94. The molecule has 1 aliphatic rings. The lowest BCUT2D eigenvalue weighted by atomic mass is 10.2. The van der Waals surface area contributed by atoms with E-state index in [0.717, 1.165) is 15.6 Å². The quantitative estimate of drug-likeness (QED) is 0.838. The molecule has 0 bridgehead atoms. The Hall–Kier alpha value is -0.960. The van der Waals surface area contributed by atoms with Crippen LogP contribution in [-0.4, -0.2) is 5.11 Å². The zero-order chi connectivity index (χ0) is 9.71. The normalized spacial score (nSPS) is 16.4. The molecule has 1 aromatic carbocycles. The lowest BCUT2D eigenvalue weighted by Crippen LogP contribution is -1.68. The maximum absolute atomic E-state index is 9.60. The number of benzene rings is 1. The third-order valence-electron chi connectivity index (χ3n) is 2.61. The maximum atomic E-state index is 9.60. The molecule has 1 N–H and O–H groups in total. The number of halogens is 1. The van der Waals surface area contributed by atoms with Gasteiger partial charge in [0.1, 0.15) is 5.76 Å². The van der Waals surface area contributed by atoms with E-state index < -0.39 is 0 Å². The molecule has 0 unspecified atom stereocenters. The van der Waals surface area contributed by atoms with E-state index in [1.54, 1.807) is 6.07 Å². The Morgan fingerprint density at radius 3 is 2.79 bits per heavy atom. The second-order valence-electron chi connectivity index (χ2n) is 3.73. The number of phenols is 1. The van der Waals surface area contributed by atoms with Crippen molar-refractivity contribution >= 4 is 26.9 Å². The van der Waals surface area contributed by atoms with Crippen LogP contribution >= 0.6 is 15.9 Å². The highest BCUT2D eigenvalue weighted by Gasteiger charge is 2.28. The van der Waals surface area contributed by atoms with Crippen LogP contribution in [0.2, 0.25) is 0 Å². The molecule has 0 spiro atoms. The van der Waals surface area contributed by atoms with E-state index in [2.05, 4.69) is 15.9 Å². The van der Waals surface area contributed by atoms with Gasteiger partial charge in [0, 0.05) is 15.8 Å². The predicted octanol–water partition coefficient (Wildman–Crippen LogP) is 3.78. The van der Waals surface area contributed by atoms with Gasteiger partial charge >= 0.3 is 0 Å². The minimum atomic E-state index is 0.218. The molecule has 14 heavy (non-hydrogen) atoms. The fraction of sp³-hybridized carbons (Fsp3) is 0.273. The molecule has 72 valence electrons. The van der Waals surface area contributed by atoms with Crippen molar-refractivity contribution in [2.45, 2.75) is 18.8 Å². The largest absolute Gasteiger partial charge is 0.504 e. The maximum Gasteiger partial charge on any atom is 0.177 e. The van der Waals surface area contributed by atoms with E-state index in [4.69, 9.17) is 4.42 Å². The number of furan rings is 1. The highest BCUT2D eigenvalue weighted by Crippen LogP contribution is 2.44. The average molecular weight is 253 g/mol. The van der Waals surface area contributed by atoms with E-state index >= 15 is 0 Å². The van der Waals surface area contributed by atoms with Gasteiger partial charge in [-0.25, -0.2) is 0 Å². The Labute approximate surface area is 89.7 Å². The first kappa shape index (κ1) is 8.36. The Bertz CT molecular complexity index is 458. The Kier molecular flexibility index (Phi) is 1.65. The van der Waals surface area contributed by atoms with Crippen LogP contribution in [0, 0.1) is 0 Å². The summed E-state index contributed by atoms with van der Waals surface area (Å²) in [6.45, 7) is 0. The first-order chi connectivity index (χ1) is 6.75. The molecule has 3 heteroatoms. The third kappa shape index (κ3) is 1.16. The number of hydrogen-bond donors (Lipinski definition) is 1. The third-order valence-corrected chi connectivity index (χ3v) is 3.30. The minimum absolute atomic E-state index is 0.218. The molecule has 2 aromatic rings. The molecular formula is C11H9BrO2. The summed E-state index contributed by atoms with van der Waals surface area (Å²) in [6.07, 6.45) is 2.41. The zero-order valence-electron chi connectivity index (χ0n) is 7.46. The lowest BCUT2D eigenvalue weighted by molar-refractivity contribution is 0.458. The van der Waals surface area contributed by atoms with Crippen LogP contribution in [-0.2, 0) is 0 Å². The number of fused-ring (bicyclic) bond motifs is 1. The highest BCUT2D eigenvalue weighted by atomic mass is 79.9. The van der Waals surface area contributed by atoms with E-state index in [1.165, 1.54) is 12.8 Å². The Morgan fingerprint density at radius 1 is 1.36 bits per heavy atom. The van der Waals surface area contributed by atoms with Crippen LogP contribution in [0.1, 0.15) is 24.5 Å². The fourth-order valence-corrected chi connectivity index (χ4v) is 2.09. The molecule has 1 fully saturated rings. The topological polar surface area (TPSA) is 33.4 Å². The van der Waals surface area contributed by atoms with Crippen molar-refractivity contribution in [2.75, 3.05) is 0 Å². The van der Waals surface area contributed by atoms with Gasteiger partial charge in [-0.2, -0.15) is 0 Å². The summed E-state index contributed by atoms with van der Waals surface area (Å²) in [5.41, 5.74) is 0.598. The summed E-state index contributed by atoms with van der Waals surface area (Å²) < 4.78 is 6.60. The summed E-state index contributed by atoms with van der Waals surface area (Å²) in [4.78, 5) is 0. The average Bonchev–Trinajstić information content (AvgIpc) is 2.92. The molecule has 1 aromatic heterocycles. The van der Waals surface area contributed by atoms with Gasteiger partial charge in [0.15, 0.2) is 11.3 Å². The van der Waals surface area contributed by atoms with E-state index in [0.29, 0.717) is 11.5 Å². The van der Waals surface area contributed by atoms with Crippen molar-refractivity contribution < 1.29 is 9.52 Å². The van der Waals surface area contributed by atoms with Crippen molar-refractivity contribution in [3.8, 4) is 5.75 Å². The van der Waals surface area contributed by atoms with E-state index in [9.17, 15) is 5.11 Å². The van der Waals surface area contributed by atoms with Crippen molar-refractivity contribution in [3.63, 3.8) is 0 Å². The number of hydrogen-bond acceptors (Lipinski definition) is 2. The molecular weight excluding hydrogens is 244 g/mol. The molecule has 3 rings (SSSR count). The van der Waals surface area contributed by atoms with Crippen LogP contribution in [0.5, 0.6) is 5.75 Å². The van der Waals surface area contributed by atoms with Crippen LogP contribution in [0.15, 0.2) is 27.1 Å². The van der Waals surface area contributed by atoms with Gasteiger partial charge in [0.05, 0.1) is 0 Å². The van der Waals surface area contributed by atoms with Crippen LogP contribution in [0.25, 0.3) is 11.0 Å². The summed E-state index contributed by atoms with van der Waals surface area (Å²) in [5, 5.41) is 10.6. The van der Waals surface area contributed by atoms with Crippen molar-refractivity contribution in [2.24, 2.45) is 0 Å². The van der Waals surface area contributed by atoms with Gasteiger partial charge in [0.25, 0.3) is 0 Å². The van der Waals surface area contributed by atoms with Crippen LogP contribution < -0.4 is 0 Å². The van der Waals surface area contributed by atoms with E-state index in [-0.39, 0.29) is 5.75 Å². The second kappa shape index (κ2) is 2.76. The van der Waals surface area contributed by atoms with Crippen molar-refractivity contribution in [3.05, 3.63) is 28.4 Å². The Balaban J connectivity index is 2.30. The molecule has 0 aliphatic heterocycles. The van der Waals surface area contributed by atoms with Crippen LogP contribution in [0.3, 0.4) is 0 Å². The van der Waals surface area contributed by atoms with Gasteiger partial charge in [-0.3, -0.25) is 0 Å². The molecule has 0 saturated heterocycles. The summed E-state index contributed by atoms with van der Waals surface area (Å²) in [7, 11) is 0. The van der Waals surface area contributed by atoms with Gasteiger partial charge in [-0.1, -0.05) is 15.9 Å². The molecule has 2 nitrogen and oxygen atoms in total. The summed E-state index contributed by atoms with van der Waals surface area (Å²) in [5.74, 6) is 1.80. The summed E-state index contributed by atoms with van der Waals surface area (Å²) in [6, 6.07) is 5.51. The number of phenolic OH excluding ortho intramolecular Hbond substituents is 1. The highest BCUT2D eigenvalue weighted by molar-refractivity contribution is 9.10.